The van der Waals surface area contributed by atoms with Crippen LogP contribution in [0.3, 0.4) is 0 Å². The molecule has 0 aliphatic rings. The summed E-state index contributed by atoms with van der Waals surface area (Å²) in [6.07, 6.45) is 2.64. The van der Waals surface area contributed by atoms with Crippen LogP contribution >= 0.6 is 0 Å². The van der Waals surface area contributed by atoms with E-state index in [-0.39, 0.29) is 0 Å². The average molecular weight is 231 g/mol. The number of rotatable bonds is 4. The standard InChI is InChI=1S/C12H17N5/c1-4-11-15-9(2)7-12(16-11)13-8-10-5-6-14-17(10)3/h5-7H,4,8H2,1-3H3,(H,13,15,16). The number of nitrogens with one attached hydrogen (secondary N) is 1. The quantitative estimate of drug-likeness (QED) is 0.870. The van der Waals surface area contributed by atoms with Crippen molar-refractivity contribution in [3.05, 3.63) is 35.5 Å². The van der Waals surface area contributed by atoms with Gasteiger partial charge in [-0.3, -0.25) is 4.68 Å². The molecule has 2 aromatic rings. The number of anilines is 1. The summed E-state index contributed by atoms with van der Waals surface area (Å²) in [4.78, 5) is 8.78. The molecule has 0 bridgehead atoms. The smallest absolute Gasteiger partial charge is 0.130 e. The molecule has 0 saturated heterocycles. The van der Waals surface area contributed by atoms with Gasteiger partial charge in [0.1, 0.15) is 11.6 Å². The number of hydrogen-bond acceptors (Lipinski definition) is 4. The molecular weight excluding hydrogens is 214 g/mol. The second kappa shape index (κ2) is 4.95. The Kier molecular flexibility index (Phi) is 3.37. The minimum Gasteiger partial charge on any atom is -0.364 e. The summed E-state index contributed by atoms with van der Waals surface area (Å²) in [5.41, 5.74) is 2.11. The van der Waals surface area contributed by atoms with Gasteiger partial charge in [0.15, 0.2) is 0 Å². The Morgan fingerprint density at radius 3 is 2.82 bits per heavy atom. The highest BCUT2D eigenvalue weighted by Gasteiger charge is 2.02. The third-order valence-corrected chi connectivity index (χ3v) is 2.59. The monoisotopic (exact) mass is 231 g/mol. The lowest BCUT2D eigenvalue weighted by Gasteiger charge is -2.08. The second-order valence-electron chi connectivity index (χ2n) is 3.96. The van der Waals surface area contributed by atoms with E-state index < -0.39 is 0 Å². The van der Waals surface area contributed by atoms with Gasteiger partial charge in [-0.05, 0) is 13.0 Å². The van der Waals surface area contributed by atoms with Crippen LogP contribution in [0.1, 0.15) is 24.1 Å². The lowest BCUT2D eigenvalue weighted by molar-refractivity contribution is 0.719. The Morgan fingerprint density at radius 2 is 2.18 bits per heavy atom. The van der Waals surface area contributed by atoms with E-state index in [0.29, 0.717) is 0 Å². The predicted molar refractivity (Wildman–Crippen MR) is 66.7 cm³/mol. The van der Waals surface area contributed by atoms with E-state index in [9.17, 15) is 0 Å². The Bertz CT molecular complexity index is 503. The molecule has 0 unspecified atom stereocenters. The maximum atomic E-state index is 4.43. The molecule has 17 heavy (non-hydrogen) atoms. The van der Waals surface area contributed by atoms with E-state index in [1.165, 1.54) is 0 Å². The van der Waals surface area contributed by atoms with Crippen LogP contribution < -0.4 is 5.32 Å². The van der Waals surface area contributed by atoms with Crippen molar-refractivity contribution >= 4 is 5.82 Å². The van der Waals surface area contributed by atoms with E-state index in [0.717, 1.165) is 36.0 Å². The highest BCUT2D eigenvalue weighted by atomic mass is 15.3. The lowest BCUT2D eigenvalue weighted by Crippen LogP contribution is -2.08. The van der Waals surface area contributed by atoms with E-state index in [1.807, 2.05) is 30.8 Å². The molecule has 0 spiro atoms. The first-order valence-electron chi connectivity index (χ1n) is 5.74. The molecule has 0 fully saturated rings. The van der Waals surface area contributed by atoms with Crippen molar-refractivity contribution in [2.24, 2.45) is 7.05 Å². The molecule has 5 nitrogen and oxygen atoms in total. The third kappa shape index (κ3) is 2.81. The molecule has 1 N–H and O–H groups in total. The Labute approximate surface area is 101 Å². The van der Waals surface area contributed by atoms with Gasteiger partial charge in [-0.15, -0.1) is 0 Å². The van der Waals surface area contributed by atoms with Gasteiger partial charge >= 0.3 is 0 Å². The maximum Gasteiger partial charge on any atom is 0.130 e. The van der Waals surface area contributed by atoms with Crippen molar-refractivity contribution in [3.8, 4) is 0 Å². The topological polar surface area (TPSA) is 55.6 Å². The van der Waals surface area contributed by atoms with Crippen LogP contribution in [-0.2, 0) is 20.0 Å². The van der Waals surface area contributed by atoms with Crippen LogP contribution in [0.15, 0.2) is 18.3 Å². The molecule has 2 rings (SSSR count). The maximum absolute atomic E-state index is 4.43. The molecule has 0 aliphatic heterocycles. The Hall–Kier alpha value is -1.91. The fourth-order valence-corrected chi connectivity index (χ4v) is 1.63. The van der Waals surface area contributed by atoms with Crippen LogP contribution in [0.2, 0.25) is 0 Å². The summed E-state index contributed by atoms with van der Waals surface area (Å²) in [7, 11) is 1.93. The summed E-state index contributed by atoms with van der Waals surface area (Å²) in [6.45, 7) is 4.76. The molecule has 2 heterocycles. The van der Waals surface area contributed by atoms with Crippen molar-refractivity contribution in [2.75, 3.05) is 5.32 Å². The first-order valence-corrected chi connectivity index (χ1v) is 5.74. The molecule has 2 aromatic heterocycles. The van der Waals surface area contributed by atoms with Crippen LogP contribution in [-0.4, -0.2) is 19.7 Å². The van der Waals surface area contributed by atoms with Crippen LogP contribution in [0.5, 0.6) is 0 Å². The summed E-state index contributed by atoms with van der Waals surface area (Å²) in [5.74, 6) is 1.74. The highest BCUT2D eigenvalue weighted by Crippen LogP contribution is 2.08. The van der Waals surface area contributed by atoms with Crippen molar-refractivity contribution in [2.45, 2.75) is 26.8 Å². The van der Waals surface area contributed by atoms with E-state index in [1.54, 1.807) is 6.20 Å². The van der Waals surface area contributed by atoms with Crippen LogP contribution in [0, 0.1) is 6.92 Å². The zero-order valence-corrected chi connectivity index (χ0v) is 10.4. The minimum atomic E-state index is 0.718. The van der Waals surface area contributed by atoms with Crippen LogP contribution in [0.25, 0.3) is 0 Å². The molecule has 0 aliphatic carbocycles. The van der Waals surface area contributed by atoms with Gasteiger partial charge in [-0.1, -0.05) is 6.92 Å². The normalized spacial score (nSPS) is 10.5. The molecule has 0 atom stereocenters. The van der Waals surface area contributed by atoms with E-state index >= 15 is 0 Å². The molecule has 0 amide bonds. The highest BCUT2D eigenvalue weighted by molar-refractivity contribution is 5.36. The third-order valence-electron chi connectivity index (χ3n) is 2.59. The summed E-state index contributed by atoms with van der Waals surface area (Å²) in [6, 6.07) is 3.94. The molecule has 5 heteroatoms. The Morgan fingerprint density at radius 1 is 1.35 bits per heavy atom. The van der Waals surface area contributed by atoms with Crippen molar-refractivity contribution in [1.29, 1.82) is 0 Å². The van der Waals surface area contributed by atoms with Crippen LogP contribution in [0.4, 0.5) is 5.82 Å². The summed E-state index contributed by atoms with van der Waals surface area (Å²) >= 11 is 0. The zero-order valence-electron chi connectivity index (χ0n) is 10.4. The number of nitrogens with zero attached hydrogens (tertiary/aromatic N) is 4. The van der Waals surface area contributed by atoms with E-state index in [2.05, 4.69) is 27.3 Å². The first kappa shape index (κ1) is 11.6. The summed E-state index contributed by atoms with van der Waals surface area (Å²) in [5, 5.41) is 7.42. The fraction of sp³-hybridized carbons (Fsp3) is 0.417. The molecule has 0 radical (unpaired) electrons. The lowest BCUT2D eigenvalue weighted by atomic mass is 10.3. The van der Waals surface area contributed by atoms with Gasteiger partial charge in [0.05, 0.1) is 12.2 Å². The second-order valence-corrected chi connectivity index (χ2v) is 3.96. The van der Waals surface area contributed by atoms with Crippen molar-refractivity contribution < 1.29 is 0 Å². The van der Waals surface area contributed by atoms with Crippen molar-refractivity contribution in [1.82, 2.24) is 19.7 Å². The molecule has 0 saturated carbocycles. The zero-order chi connectivity index (χ0) is 12.3. The molecule has 0 aromatic carbocycles. The molecule has 90 valence electrons. The first-order chi connectivity index (χ1) is 8.19. The fourth-order valence-electron chi connectivity index (χ4n) is 1.63. The van der Waals surface area contributed by atoms with E-state index in [4.69, 9.17) is 0 Å². The van der Waals surface area contributed by atoms with Gasteiger partial charge in [-0.2, -0.15) is 5.10 Å². The minimum absolute atomic E-state index is 0.718. The van der Waals surface area contributed by atoms with Gasteiger partial charge in [0.2, 0.25) is 0 Å². The van der Waals surface area contributed by atoms with Gasteiger partial charge in [0, 0.05) is 31.4 Å². The van der Waals surface area contributed by atoms with Crippen molar-refractivity contribution in [3.63, 3.8) is 0 Å². The van der Waals surface area contributed by atoms with Gasteiger partial charge in [-0.25, -0.2) is 9.97 Å². The SMILES string of the molecule is CCc1nc(C)cc(NCc2ccnn2C)n1. The number of aryl methyl sites for hydroxylation is 3. The Balaban J connectivity index is 2.09. The largest absolute Gasteiger partial charge is 0.364 e. The van der Waals surface area contributed by atoms with Gasteiger partial charge in [0.25, 0.3) is 0 Å². The molecular formula is C12H17N5. The average Bonchev–Trinajstić information content (AvgIpc) is 2.71. The summed E-state index contributed by atoms with van der Waals surface area (Å²) < 4.78 is 1.85. The predicted octanol–water partition coefficient (Wildman–Crippen LogP) is 1.69. The number of aromatic nitrogens is 4. The number of hydrogen-bond donors (Lipinski definition) is 1. The van der Waals surface area contributed by atoms with Gasteiger partial charge < -0.3 is 5.32 Å².